The van der Waals surface area contributed by atoms with E-state index >= 15 is 0 Å². The predicted octanol–water partition coefficient (Wildman–Crippen LogP) is 4.39. The highest BCUT2D eigenvalue weighted by molar-refractivity contribution is 5.93. The Bertz CT molecular complexity index is 1020. The summed E-state index contributed by atoms with van der Waals surface area (Å²) in [6.07, 6.45) is 1.62. The summed E-state index contributed by atoms with van der Waals surface area (Å²) in [5.74, 6) is 1.02. The number of pyridine rings is 1. The van der Waals surface area contributed by atoms with Crippen LogP contribution in [0.2, 0.25) is 0 Å². The Balaban J connectivity index is 1.68. The van der Waals surface area contributed by atoms with Crippen molar-refractivity contribution in [1.29, 1.82) is 0 Å². The van der Waals surface area contributed by atoms with Gasteiger partial charge in [0.05, 0.1) is 14.2 Å². The third-order valence-electron chi connectivity index (χ3n) is 4.55. The molecule has 0 aliphatic heterocycles. The average molecular weight is 391 g/mol. The van der Waals surface area contributed by atoms with E-state index in [0.29, 0.717) is 23.7 Å². The molecule has 2 N–H and O–H groups in total. The lowest BCUT2D eigenvalue weighted by Crippen LogP contribution is -2.23. The second-order valence-electron chi connectivity index (χ2n) is 6.75. The van der Waals surface area contributed by atoms with Crippen LogP contribution in [-0.2, 0) is 6.54 Å². The Labute approximate surface area is 170 Å². The molecule has 0 radical (unpaired) electrons. The van der Waals surface area contributed by atoms with Crippen molar-refractivity contribution in [3.63, 3.8) is 0 Å². The van der Waals surface area contributed by atoms with Crippen molar-refractivity contribution < 1.29 is 14.3 Å². The summed E-state index contributed by atoms with van der Waals surface area (Å²) in [7, 11) is 3.17. The summed E-state index contributed by atoms with van der Waals surface area (Å²) in [5, 5.41) is 6.23. The molecule has 6 heteroatoms. The number of hydrogen-bond acceptors (Lipinski definition) is 5. The van der Waals surface area contributed by atoms with E-state index in [1.807, 2.05) is 43.3 Å². The van der Waals surface area contributed by atoms with Crippen LogP contribution in [0.5, 0.6) is 11.5 Å². The maximum Gasteiger partial charge on any atom is 0.270 e. The van der Waals surface area contributed by atoms with Gasteiger partial charge >= 0.3 is 0 Å². The molecule has 2 aromatic carbocycles. The summed E-state index contributed by atoms with van der Waals surface area (Å²) in [4.78, 5) is 16.7. The van der Waals surface area contributed by atoms with Crippen molar-refractivity contribution >= 4 is 17.3 Å². The number of carbonyl (C=O) groups is 1. The van der Waals surface area contributed by atoms with E-state index in [2.05, 4.69) is 28.6 Å². The Morgan fingerprint density at radius 1 is 0.966 bits per heavy atom. The molecule has 0 saturated heterocycles. The molecule has 0 unspecified atom stereocenters. The van der Waals surface area contributed by atoms with Crippen LogP contribution < -0.4 is 20.1 Å². The average Bonchev–Trinajstić information content (AvgIpc) is 2.74. The molecule has 0 aliphatic carbocycles. The molecule has 0 fully saturated rings. The van der Waals surface area contributed by atoms with Gasteiger partial charge in [-0.15, -0.1) is 0 Å². The number of carbonyl (C=O) groups excluding carboxylic acids is 1. The molecule has 3 aromatic rings. The smallest absolute Gasteiger partial charge is 0.270 e. The Hall–Kier alpha value is -3.54. The van der Waals surface area contributed by atoms with Gasteiger partial charge in [0, 0.05) is 24.1 Å². The van der Waals surface area contributed by atoms with Crippen molar-refractivity contribution in [3.05, 3.63) is 77.1 Å². The van der Waals surface area contributed by atoms with Crippen LogP contribution in [0.25, 0.3) is 0 Å². The van der Waals surface area contributed by atoms with E-state index < -0.39 is 0 Å². The molecule has 3 rings (SSSR count). The summed E-state index contributed by atoms with van der Waals surface area (Å²) < 4.78 is 10.5. The summed E-state index contributed by atoms with van der Waals surface area (Å²) in [5.41, 5.74) is 5.40. The lowest BCUT2D eigenvalue weighted by Gasteiger charge is -2.12. The number of nitrogens with one attached hydrogen (secondary N) is 2. The monoisotopic (exact) mass is 391 g/mol. The van der Waals surface area contributed by atoms with Crippen molar-refractivity contribution in [2.24, 2.45) is 0 Å². The highest BCUT2D eigenvalue weighted by atomic mass is 16.5. The van der Waals surface area contributed by atoms with Gasteiger partial charge in [-0.1, -0.05) is 23.8 Å². The third-order valence-corrected chi connectivity index (χ3v) is 4.55. The Kier molecular flexibility index (Phi) is 6.34. The predicted molar refractivity (Wildman–Crippen MR) is 114 cm³/mol. The normalized spacial score (nSPS) is 10.3. The van der Waals surface area contributed by atoms with Gasteiger partial charge in [-0.05, 0) is 55.3 Å². The summed E-state index contributed by atoms with van der Waals surface area (Å²) in [6.45, 7) is 4.47. The number of ether oxygens (including phenoxy) is 2. The molecule has 29 heavy (non-hydrogen) atoms. The van der Waals surface area contributed by atoms with E-state index in [9.17, 15) is 4.79 Å². The minimum atomic E-state index is -0.246. The van der Waals surface area contributed by atoms with Crippen LogP contribution in [0.3, 0.4) is 0 Å². The van der Waals surface area contributed by atoms with E-state index in [0.717, 1.165) is 22.5 Å². The number of benzene rings is 2. The van der Waals surface area contributed by atoms with Crippen LogP contribution in [0.15, 0.2) is 54.7 Å². The molecule has 1 heterocycles. The van der Waals surface area contributed by atoms with Crippen molar-refractivity contribution in [2.45, 2.75) is 20.4 Å². The first-order valence-electron chi connectivity index (χ1n) is 9.29. The van der Waals surface area contributed by atoms with E-state index in [1.165, 1.54) is 5.56 Å². The Morgan fingerprint density at radius 3 is 2.48 bits per heavy atom. The first-order chi connectivity index (χ1) is 14.0. The quantitative estimate of drug-likeness (QED) is 0.625. The van der Waals surface area contributed by atoms with E-state index in [4.69, 9.17) is 9.47 Å². The second kappa shape index (κ2) is 9.10. The molecule has 6 nitrogen and oxygen atoms in total. The number of rotatable bonds is 7. The third kappa shape index (κ3) is 5.04. The molecule has 0 bridgehead atoms. The van der Waals surface area contributed by atoms with Crippen LogP contribution in [0.1, 0.15) is 27.2 Å². The molecule has 1 aromatic heterocycles. The summed E-state index contributed by atoms with van der Waals surface area (Å²) in [6, 6.07) is 15.3. The topological polar surface area (TPSA) is 72.5 Å². The number of aromatic nitrogens is 1. The number of nitrogens with zero attached hydrogens (tertiary/aromatic N) is 1. The van der Waals surface area contributed by atoms with Crippen LogP contribution >= 0.6 is 0 Å². The highest BCUT2D eigenvalue weighted by Crippen LogP contribution is 2.27. The Morgan fingerprint density at radius 2 is 1.76 bits per heavy atom. The van der Waals surface area contributed by atoms with Crippen LogP contribution in [0.4, 0.5) is 11.4 Å². The van der Waals surface area contributed by atoms with Crippen LogP contribution in [0, 0.1) is 13.8 Å². The van der Waals surface area contributed by atoms with Gasteiger partial charge in [0.25, 0.3) is 5.91 Å². The van der Waals surface area contributed by atoms with Gasteiger partial charge in [0.2, 0.25) is 0 Å². The molecule has 0 aliphatic rings. The van der Waals surface area contributed by atoms with Crippen molar-refractivity contribution in [1.82, 2.24) is 10.3 Å². The van der Waals surface area contributed by atoms with Gasteiger partial charge < -0.3 is 20.1 Å². The fraction of sp³-hybridized carbons (Fsp3) is 0.217. The van der Waals surface area contributed by atoms with Crippen molar-refractivity contribution in [3.8, 4) is 11.5 Å². The summed E-state index contributed by atoms with van der Waals surface area (Å²) >= 11 is 0. The molecule has 1 amide bonds. The highest BCUT2D eigenvalue weighted by Gasteiger charge is 2.10. The minimum Gasteiger partial charge on any atom is -0.493 e. The number of aryl methyl sites for hydroxylation is 2. The zero-order valence-corrected chi connectivity index (χ0v) is 17.1. The van der Waals surface area contributed by atoms with Gasteiger partial charge in [0.1, 0.15) is 5.69 Å². The maximum atomic E-state index is 12.6. The SMILES string of the molecule is COc1ccc(CNC(=O)c2cc(Nc3ccc(C)cc3C)ccn2)cc1OC. The molecular formula is C23H25N3O3. The number of anilines is 2. The van der Waals surface area contributed by atoms with Crippen molar-refractivity contribution in [2.75, 3.05) is 19.5 Å². The minimum absolute atomic E-state index is 0.246. The fourth-order valence-corrected chi connectivity index (χ4v) is 3.01. The largest absolute Gasteiger partial charge is 0.493 e. The second-order valence-corrected chi connectivity index (χ2v) is 6.75. The molecule has 150 valence electrons. The maximum absolute atomic E-state index is 12.6. The van der Waals surface area contributed by atoms with Crippen LogP contribution in [-0.4, -0.2) is 25.1 Å². The number of amides is 1. The van der Waals surface area contributed by atoms with E-state index in [-0.39, 0.29) is 5.91 Å². The number of hydrogen-bond donors (Lipinski definition) is 2. The lowest BCUT2D eigenvalue weighted by molar-refractivity contribution is 0.0946. The van der Waals surface area contributed by atoms with E-state index in [1.54, 1.807) is 26.5 Å². The van der Waals surface area contributed by atoms with Gasteiger partial charge in [-0.2, -0.15) is 0 Å². The van der Waals surface area contributed by atoms with Gasteiger partial charge in [-0.3, -0.25) is 9.78 Å². The zero-order chi connectivity index (χ0) is 20.8. The standard InChI is InChI=1S/C23H25N3O3/c1-15-5-7-19(16(2)11-15)26-18-9-10-24-20(13-18)23(27)25-14-17-6-8-21(28-3)22(12-17)29-4/h5-13H,14H2,1-4H3,(H,24,26)(H,25,27). The number of methoxy groups -OCH3 is 2. The molecule has 0 spiro atoms. The fourth-order valence-electron chi connectivity index (χ4n) is 3.01. The first kappa shape index (κ1) is 20.2. The molecule has 0 atom stereocenters. The van der Waals surface area contributed by atoms with Gasteiger partial charge in [-0.25, -0.2) is 0 Å². The van der Waals surface area contributed by atoms with Gasteiger partial charge in [0.15, 0.2) is 11.5 Å². The lowest BCUT2D eigenvalue weighted by atomic mass is 10.1. The first-order valence-corrected chi connectivity index (χ1v) is 9.29. The zero-order valence-electron chi connectivity index (χ0n) is 17.1. The molecule has 0 saturated carbocycles. The molecular weight excluding hydrogens is 366 g/mol.